The third-order valence-electron chi connectivity index (χ3n) is 4.84. The summed E-state index contributed by atoms with van der Waals surface area (Å²) in [5.41, 5.74) is 6.26. The zero-order valence-electron chi connectivity index (χ0n) is 15.7. The van der Waals surface area contributed by atoms with Crippen molar-refractivity contribution in [3.8, 4) is 0 Å². The van der Waals surface area contributed by atoms with Crippen molar-refractivity contribution in [3.63, 3.8) is 0 Å². The molecule has 0 radical (unpaired) electrons. The van der Waals surface area contributed by atoms with Crippen LogP contribution in [-0.4, -0.2) is 13.1 Å². The molecule has 0 amide bonds. The second-order valence-corrected chi connectivity index (χ2v) is 6.48. The third-order valence-corrected chi connectivity index (χ3v) is 4.84. The number of fused-ring (bicyclic) bond motifs is 1. The number of rotatable bonds is 5. The molecule has 2 heteroatoms. The van der Waals surface area contributed by atoms with E-state index >= 15 is 0 Å². The second-order valence-electron chi connectivity index (χ2n) is 6.48. The molecule has 0 saturated carbocycles. The summed E-state index contributed by atoms with van der Waals surface area (Å²) in [6.07, 6.45) is 4.37. The number of anilines is 1. The van der Waals surface area contributed by atoms with Crippen LogP contribution in [0.3, 0.4) is 0 Å². The molecular weight excluding hydrogens is 304 g/mol. The van der Waals surface area contributed by atoms with Crippen molar-refractivity contribution in [1.29, 1.82) is 0 Å². The van der Waals surface area contributed by atoms with Gasteiger partial charge in [-0.15, -0.1) is 0 Å². The maximum atomic E-state index is 2.36. The van der Waals surface area contributed by atoms with Gasteiger partial charge in [-0.2, -0.15) is 4.57 Å². The summed E-state index contributed by atoms with van der Waals surface area (Å²) in [6.45, 7) is 8.60. The summed E-state index contributed by atoms with van der Waals surface area (Å²) in [4.78, 5) is 2.36. The molecule has 25 heavy (non-hydrogen) atoms. The Labute approximate surface area is 151 Å². The third kappa shape index (κ3) is 3.74. The van der Waals surface area contributed by atoms with Crippen LogP contribution in [0, 0.1) is 6.92 Å². The molecule has 0 spiro atoms. The summed E-state index contributed by atoms with van der Waals surface area (Å²) in [7, 11) is 2.13. The van der Waals surface area contributed by atoms with Gasteiger partial charge in [0.05, 0.1) is 0 Å². The monoisotopic (exact) mass is 331 g/mol. The Morgan fingerprint density at radius 1 is 0.880 bits per heavy atom. The first-order chi connectivity index (χ1) is 12.1. The van der Waals surface area contributed by atoms with Crippen LogP contribution in [-0.2, 0) is 7.05 Å². The number of pyridine rings is 1. The minimum atomic E-state index is 1.04. The van der Waals surface area contributed by atoms with Gasteiger partial charge in [-0.05, 0) is 62.2 Å². The second kappa shape index (κ2) is 7.52. The number of hydrogen-bond acceptors (Lipinski definition) is 1. The van der Waals surface area contributed by atoms with Crippen molar-refractivity contribution in [2.75, 3.05) is 18.0 Å². The molecule has 1 aromatic heterocycles. The molecule has 0 aliphatic heterocycles. The highest BCUT2D eigenvalue weighted by atomic mass is 15.1. The van der Waals surface area contributed by atoms with Crippen molar-refractivity contribution in [2.45, 2.75) is 20.8 Å². The molecule has 0 unspecified atom stereocenters. The Balaban J connectivity index is 1.87. The van der Waals surface area contributed by atoms with Crippen molar-refractivity contribution in [1.82, 2.24) is 0 Å². The van der Waals surface area contributed by atoms with Crippen LogP contribution >= 0.6 is 0 Å². The van der Waals surface area contributed by atoms with Crippen LogP contribution in [0.5, 0.6) is 0 Å². The van der Waals surface area contributed by atoms with Gasteiger partial charge in [0.25, 0.3) is 0 Å². The number of aromatic nitrogens is 1. The van der Waals surface area contributed by atoms with E-state index in [-0.39, 0.29) is 0 Å². The quantitative estimate of drug-likeness (QED) is 0.597. The SMILES string of the molecule is CCN(CC)c1ccc(/C=C/c2ccc3ccc(C)cc3[n+]2C)cc1. The van der Waals surface area contributed by atoms with E-state index in [1.807, 2.05) is 0 Å². The van der Waals surface area contributed by atoms with Crippen LogP contribution in [0.4, 0.5) is 5.69 Å². The van der Waals surface area contributed by atoms with Gasteiger partial charge in [0.1, 0.15) is 7.05 Å². The van der Waals surface area contributed by atoms with Gasteiger partial charge in [-0.3, -0.25) is 0 Å². The Morgan fingerprint density at radius 3 is 2.24 bits per heavy atom. The Kier molecular flexibility index (Phi) is 5.18. The lowest BCUT2D eigenvalue weighted by atomic mass is 10.1. The number of aryl methyl sites for hydroxylation is 2. The minimum absolute atomic E-state index is 1.04. The standard InChI is InChI=1S/C23H27N2/c1-5-25(6-2)22-14-9-19(10-15-22)8-13-21-16-12-20-11-7-18(3)17-23(20)24(21)4/h7-17H,5-6H2,1-4H3/q+1. The summed E-state index contributed by atoms with van der Waals surface area (Å²) >= 11 is 0. The summed E-state index contributed by atoms with van der Waals surface area (Å²) in [5, 5.41) is 1.27. The van der Waals surface area contributed by atoms with Gasteiger partial charge >= 0.3 is 0 Å². The Bertz CT molecular complexity index is 888. The summed E-state index contributed by atoms with van der Waals surface area (Å²) in [6, 6.07) is 19.7. The van der Waals surface area contributed by atoms with Gasteiger partial charge < -0.3 is 4.90 Å². The van der Waals surface area contributed by atoms with E-state index < -0.39 is 0 Å². The molecule has 1 heterocycles. The topological polar surface area (TPSA) is 7.12 Å². The average molecular weight is 331 g/mol. The zero-order chi connectivity index (χ0) is 17.8. The van der Waals surface area contributed by atoms with E-state index in [0.717, 1.165) is 13.1 Å². The molecule has 0 atom stereocenters. The summed E-state index contributed by atoms with van der Waals surface area (Å²) < 4.78 is 2.25. The molecule has 0 saturated heterocycles. The van der Waals surface area contributed by atoms with Gasteiger partial charge in [0, 0.05) is 42.4 Å². The van der Waals surface area contributed by atoms with Gasteiger partial charge in [-0.1, -0.05) is 18.2 Å². The first-order valence-electron chi connectivity index (χ1n) is 9.05. The smallest absolute Gasteiger partial charge is 0.212 e. The first kappa shape index (κ1) is 17.2. The number of nitrogens with zero attached hydrogens (tertiary/aromatic N) is 2. The Morgan fingerprint density at radius 2 is 1.56 bits per heavy atom. The average Bonchev–Trinajstić information content (AvgIpc) is 2.64. The normalized spacial score (nSPS) is 11.4. The molecule has 3 aromatic rings. The molecule has 2 nitrogen and oxygen atoms in total. The lowest BCUT2D eigenvalue weighted by Gasteiger charge is -2.20. The molecule has 0 aliphatic carbocycles. The zero-order valence-corrected chi connectivity index (χ0v) is 15.7. The van der Waals surface area contributed by atoms with Gasteiger partial charge in [0.15, 0.2) is 0 Å². The van der Waals surface area contributed by atoms with Crippen molar-refractivity contribution in [2.24, 2.45) is 7.05 Å². The molecule has 0 aliphatic rings. The van der Waals surface area contributed by atoms with Crippen molar-refractivity contribution >= 4 is 28.7 Å². The van der Waals surface area contributed by atoms with Gasteiger partial charge in [0.2, 0.25) is 11.2 Å². The van der Waals surface area contributed by atoms with Crippen LogP contribution in [0.15, 0.2) is 54.6 Å². The van der Waals surface area contributed by atoms with E-state index in [2.05, 4.69) is 104 Å². The highest BCUT2D eigenvalue weighted by Crippen LogP contribution is 2.17. The van der Waals surface area contributed by atoms with E-state index in [1.54, 1.807) is 0 Å². The van der Waals surface area contributed by atoms with E-state index in [4.69, 9.17) is 0 Å². The molecule has 3 rings (SSSR count). The molecule has 2 aromatic carbocycles. The fourth-order valence-corrected chi connectivity index (χ4v) is 3.25. The molecule has 0 N–H and O–H groups in total. The fourth-order valence-electron chi connectivity index (χ4n) is 3.25. The van der Waals surface area contributed by atoms with Crippen molar-refractivity contribution < 1.29 is 4.57 Å². The first-order valence-corrected chi connectivity index (χ1v) is 9.05. The van der Waals surface area contributed by atoms with E-state index in [9.17, 15) is 0 Å². The van der Waals surface area contributed by atoms with Gasteiger partial charge in [-0.25, -0.2) is 0 Å². The predicted molar refractivity (Wildman–Crippen MR) is 109 cm³/mol. The largest absolute Gasteiger partial charge is 0.372 e. The highest BCUT2D eigenvalue weighted by molar-refractivity contribution is 5.78. The minimum Gasteiger partial charge on any atom is -0.372 e. The number of hydrogen-bond donors (Lipinski definition) is 0. The van der Waals surface area contributed by atoms with E-state index in [0.29, 0.717) is 0 Å². The Hall–Kier alpha value is -2.61. The summed E-state index contributed by atoms with van der Waals surface area (Å²) in [5.74, 6) is 0. The number of benzene rings is 2. The van der Waals surface area contributed by atoms with Crippen LogP contribution < -0.4 is 9.47 Å². The molecule has 0 fully saturated rings. The predicted octanol–water partition coefficient (Wildman–Crippen LogP) is 4.99. The van der Waals surface area contributed by atoms with Crippen LogP contribution in [0.1, 0.15) is 30.7 Å². The van der Waals surface area contributed by atoms with Crippen LogP contribution in [0.25, 0.3) is 23.1 Å². The maximum Gasteiger partial charge on any atom is 0.212 e. The maximum absolute atomic E-state index is 2.36. The van der Waals surface area contributed by atoms with E-state index in [1.165, 1.54) is 33.4 Å². The molecular formula is C23H27N2+. The molecule has 0 bridgehead atoms. The highest BCUT2D eigenvalue weighted by Gasteiger charge is 2.09. The van der Waals surface area contributed by atoms with Crippen molar-refractivity contribution in [3.05, 3.63) is 71.4 Å². The lowest BCUT2D eigenvalue weighted by Crippen LogP contribution is -2.32. The molecule has 128 valence electrons. The lowest BCUT2D eigenvalue weighted by molar-refractivity contribution is -0.646. The fraction of sp³-hybridized carbons (Fsp3) is 0.261. The van der Waals surface area contributed by atoms with Crippen LogP contribution in [0.2, 0.25) is 0 Å².